The molecule has 1 saturated heterocycles. The number of ether oxygens (including phenoxy) is 1. The molecule has 1 aliphatic rings. The number of morpholine rings is 1. The third-order valence-electron chi connectivity index (χ3n) is 2.47. The van der Waals surface area contributed by atoms with Crippen LogP contribution < -0.4 is 10.6 Å². The summed E-state index contributed by atoms with van der Waals surface area (Å²) in [5.41, 5.74) is 0.724. The third kappa shape index (κ3) is 3.29. The van der Waals surface area contributed by atoms with Crippen molar-refractivity contribution in [2.75, 3.05) is 18.5 Å². The van der Waals surface area contributed by atoms with Crippen molar-refractivity contribution >= 4 is 17.6 Å². The van der Waals surface area contributed by atoms with Crippen LogP contribution in [0.1, 0.15) is 6.42 Å². The molecule has 1 aromatic carbocycles. The van der Waals surface area contributed by atoms with Crippen molar-refractivity contribution in [3.8, 4) is 0 Å². The van der Waals surface area contributed by atoms with Gasteiger partial charge in [0.25, 0.3) is 0 Å². The van der Waals surface area contributed by atoms with Crippen molar-refractivity contribution in [1.82, 2.24) is 5.32 Å². The Morgan fingerprint density at radius 1 is 1.41 bits per heavy atom. The predicted molar refractivity (Wildman–Crippen MR) is 62.4 cm³/mol. The molecule has 0 radical (unpaired) electrons. The Morgan fingerprint density at radius 2 is 2.18 bits per heavy atom. The highest BCUT2D eigenvalue weighted by Crippen LogP contribution is 2.07. The average Bonchev–Trinajstić information content (AvgIpc) is 2.33. The Kier molecular flexibility index (Phi) is 3.72. The molecule has 1 aromatic rings. The van der Waals surface area contributed by atoms with Gasteiger partial charge in [0.2, 0.25) is 5.91 Å². The SMILES string of the molecule is O=C(C[C@H]1NCCOC1=O)Nc1ccccc1. The Hall–Kier alpha value is -1.88. The lowest BCUT2D eigenvalue weighted by atomic mass is 10.1. The van der Waals surface area contributed by atoms with E-state index in [4.69, 9.17) is 4.74 Å². The number of nitrogens with one attached hydrogen (secondary N) is 2. The molecule has 5 nitrogen and oxygen atoms in total. The summed E-state index contributed by atoms with van der Waals surface area (Å²) in [6.45, 7) is 0.963. The van der Waals surface area contributed by atoms with Crippen molar-refractivity contribution in [1.29, 1.82) is 0 Å². The maximum absolute atomic E-state index is 11.7. The minimum Gasteiger partial charge on any atom is -0.463 e. The van der Waals surface area contributed by atoms with Crippen molar-refractivity contribution in [2.24, 2.45) is 0 Å². The number of carbonyl (C=O) groups is 2. The van der Waals surface area contributed by atoms with Crippen molar-refractivity contribution in [3.05, 3.63) is 30.3 Å². The molecule has 2 rings (SSSR count). The molecular weight excluding hydrogens is 220 g/mol. The first-order valence-corrected chi connectivity index (χ1v) is 5.50. The average molecular weight is 234 g/mol. The van der Waals surface area contributed by atoms with Crippen molar-refractivity contribution in [3.63, 3.8) is 0 Å². The van der Waals surface area contributed by atoms with Gasteiger partial charge < -0.3 is 15.4 Å². The van der Waals surface area contributed by atoms with Gasteiger partial charge in [-0.15, -0.1) is 0 Å². The van der Waals surface area contributed by atoms with E-state index >= 15 is 0 Å². The summed E-state index contributed by atoms with van der Waals surface area (Å²) >= 11 is 0. The first-order chi connectivity index (χ1) is 8.25. The van der Waals surface area contributed by atoms with E-state index in [1.165, 1.54) is 0 Å². The number of anilines is 1. The second-order valence-electron chi connectivity index (χ2n) is 3.79. The molecule has 0 bridgehead atoms. The number of benzene rings is 1. The summed E-state index contributed by atoms with van der Waals surface area (Å²) in [6.07, 6.45) is 0.0910. The molecule has 0 aromatic heterocycles. The molecule has 17 heavy (non-hydrogen) atoms. The first-order valence-electron chi connectivity index (χ1n) is 5.50. The van der Waals surface area contributed by atoms with Gasteiger partial charge in [-0.2, -0.15) is 0 Å². The Morgan fingerprint density at radius 3 is 2.88 bits per heavy atom. The smallest absolute Gasteiger partial charge is 0.323 e. The molecule has 90 valence electrons. The van der Waals surface area contributed by atoms with E-state index in [9.17, 15) is 9.59 Å². The number of hydrogen-bond donors (Lipinski definition) is 2. The lowest BCUT2D eigenvalue weighted by molar-refractivity contribution is -0.150. The van der Waals surface area contributed by atoms with Gasteiger partial charge in [-0.05, 0) is 12.1 Å². The molecule has 1 heterocycles. The zero-order chi connectivity index (χ0) is 12.1. The fourth-order valence-electron chi connectivity index (χ4n) is 1.64. The maximum Gasteiger partial charge on any atom is 0.323 e. The van der Waals surface area contributed by atoms with Gasteiger partial charge >= 0.3 is 5.97 Å². The molecular formula is C12H14N2O3. The third-order valence-corrected chi connectivity index (χ3v) is 2.47. The quantitative estimate of drug-likeness (QED) is 0.749. The van der Waals surface area contributed by atoms with Gasteiger partial charge in [0, 0.05) is 12.2 Å². The van der Waals surface area contributed by atoms with Gasteiger partial charge in [0.1, 0.15) is 12.6 Å². The van der Waals surface area contributed by atoms with Crippen LogP contribution in [0, 0.1) is 0 Å². The summed E-state index contributed by atoms with van der Waals surface area (Å²) in [4.78, 5) is 23.0. The lowest BCUT2D eigenvalue weighted by Crippen LogP contribution is -2.47. The first kappa shape index (κ1) is 11.6. The standard InChI is InChI=1S/C12H14N2O3/c15-11(14-9-4-2-1-3-5-9)8-10-12(16)17-7-6-13-10/h1-5,10,13H,6-8H2,(H,14,15)/t10-/m1/s1. The highest BCUT2D eigenvalue weighted by molar-refractivity contribution is 5.94. The number of carbonyl (C=O) groups excluding carboxylic acids is 2. The van der Waals surface area contributed by atoms with Crippen LogP contribution in [0.4, 0.5) is 5.69 Å². The summed E-state index contributed by atoms with van der Waals surface area (Å²) in [5, 5.41) is 5.67. The normalized spacial score (nSPS) is 19.5. The zero-order valence-corrected chi connectivity index (χ0v) is 9.31. The number of esters is 1. The molecule has 1 amide bonds. The number of amides is 1. The highest BCUT2D eigenvalue weighted by Gasteiger charge is 2.25. The summed E-state index contributed by atoms with van der Waals surface area (Å²) in [5.74, 6) is -0.563. The largest absolute Gasteiger partial charge is 0.463 e. The van der Waals surface area contributed by atoms with Crippen LogP contribution in [-0.2, 0) is 14.3 Å². The van der Waals surface area contributed by atoms with Crippen LogP contribution in [-0.4, -0.2) is 31.1 Å². The predicted octanol–water partition coefficient (Wildman–Crippen LogP) is 0.530. The summed E-state index contributed by atoms with van der Waals surface area (Å²) in [6, 6.07) is 8.60. The molecule has 1 aliphatic heterocycles. The van der Waals surface area contributed by atoms with Gasteiger partial charge in [-0.1, -0.05) is 18.2 Å². The number of rotatable bonds is 3. The van der Waals surface area contributed by atoms with Gasteiger partial charge in [0.05, 0.1) is 6.42 Å². The number of cyclic esters (lactones) is 1. The monoisotopic (exact) mass is 234 g/mol. The molecule has 0 saturated carbocycles. The van der Waals surface area contributed by atoms with Crippen molar-refractivity contribution < 1.29 is 14.3 Å². The molecule has 1 atom stereocenters. The molecule has 1 fully saturated rings. The fourth-order valence-corrected chi connectivity index (χ4v) is 1.64. The Bertz CT molecular complexity index is 405. The molecule has 0 aliphatic carbocycles. The van der Waals surface area contributed by atoms with Crippen LogP contribution in [0.3, 0.4) is 0 Å². The van der Waals surface area contributed by atoms with E-state index in [0.717, 1.165) is 5.69 Å². The van der Waals surface area contributed by atoms with Crippen LogP contribution in [0.15, 0.2) is 30.3 Å². The van der Waals surface area contributed by atoms with Gasteiger partial charge in [-0.25, -0.2) is 0 Å². The number of hydrogen-bond acceptors (Lipinski definition) is 4. The van der Waals surface area contributed by atoms with Crippen LogP contribution in [0.25, 0.3) is 0 Å². The van der Waals surface area contributed by atoms with Gasteiger partial charge in [0.15, 0.2) is 0 Å². The van der Waals surface area contributed by atoms with Crippen molar-refractivity contribution in [2.45, 2.75) is 12.5 Å². The van der Waals surface area contributed by atoms with E-state index < -0.39 is 6.04 Å². The van der Waals surface area contributed by atoms with E-state index in [2.05, 4.69) is 10.6 Å². The minimum absolute atomic E-state index is 0.0910. The second kappa shape index (κ2) is 5.45. The van der Waals surface area contributed by atoms with Crippen LogP contribution >= 0.6 is 0 Å². The van der Waals surface area contributed by atoms with E-state index in [0.29, 0.717) is 13.2 Å². The maximum atomic E-state index is 11.7. The van der Waals surface area contributed by atoms with Crippen LogP contribution in [0.5, 0.6) is 0 Å². The molecule has 2 N–H and O–H groups in total. The van der Waals surface area contributed by atoms with Gasteiger partial charge in [-0.3, -0.25) is 9.59 Å². The summed E-state index contributed by atoms with van der Waals surface area (Å²) in [7, 11) is 0. The lowest BCUT2D eigenvalue weighted by Gasteiger charge is -2.21. The summed E-state index contributed by atoms with van der Waals surface area (Å²) < 4.78 is 4.86. The second-order valence-corrected chi connectivity index (χ2v) is 3.79. The Balaban J connectivity index is 1.87. The fraction of sp³-hybridized carbons (Fsp3) is 0.333. The van der Waals surface area contributed by atoms with Crippen LogP contribution in [0.2, 0.25) is 0 Å². The minimum atomic E-state index is -0.535. The zero-order valence-electron chi connectivity index (χ0n) is 9.31. The van der Waals surface area contributed by atoms with E-state index in [1.54, 1.807) is 12.1 Å². The van der Waals surface area contributed by atoms with E-state index in [1.807, 2.05) is 18.2 Å². The molecule has 0 spiro atoms. The van der Waals surface area contributed by atoms with E-state index in [-0.39, 0.29) is 18.3 Å². The highest BCUT2D eigenvalue weighted by atomic mass is 16.5. The Labute approximate surface area is 99.2 Å². The topological polar surface area (TPSA) is 67.4 Å². The number of para-hydroxylation sites is 1. The molecule has 0 unspecified atom stereocenters. The molecule has 5 heteroatoms.